The number of amides is 1. The summed E-state index contributed by atoms with van der Waals surface area (Å²) in [6, 6.07) is 10.6. The van der Waals surface area contributed by atoms with Gasteiger partial charge in [0.05, 0.1) is 6.54 Å². The van der Waals surface area contributed by atoms with Gasteiger partial charge >= 0.3 is 0 Å². The fourth-order valence-corrected chi connectivity index (χ4v) is 3.53. The molecule has 0 aliphatic carbocycles. The highest BCUT2D eigenvalue weighted by Crippen LogP contribution is 2.21. The molecule has 1 heterocycles. The Morgan fingerprint density at radius 1 is 1.21 bits per heavy atom. The Balaban J connectivity index is 1.59. The van der Waals surface area contributed by atoms with Crippen molar-refractivity contribution < 1.29 is 9.53 Å². The molecule has 2 N–H and O–H groups in total. The number of likely N-dealkylation sites (tertiary alicyclic amines) is 1. The van der Waals surface area contributed by atoms with Gasteiger partial charge < -0.3 is 20.3 Å². The highest BCUT2D eigenvalue weighted by molar-refractivity contribution is 5.86. The molecule has 1 aliphatic heterocycles. The van der Waals surface area contributed by atoms with E-state index in [-0.39, 0.29) is 12.5 Å². The summed E-state index contributed by atoms with van der Waals surface area (Å²) in [5, 5.41) is 6.37. The Kier molecular flexibility index (Phi) is 10.6. The Hall–Kier alpha value is -2.08. The molecule has 0 unspecified atom stereocenters. The molecule has 0 aromatic heterocycles. The Morgan fingerprint density at radius 3 is 2.59 bits per heavy atom. The third-order valence-corrected chi connectivity index (χ3v) is 5.17. The maximum Gasteiger partial charge on any atom is 0.241 e. The molecule has 1 aromatic carbocycles. The Bertz CT molecular complexity index is 611. The quantitative estimate of drug-likeness (QED) is 0.359. The number of hydrogen-bond donors (Lipinski definition) is 2. The topological polar surface area (TPSA) is 66.0 Å². The number of guanidine groups is 1. The highest BCUT2D eigenvalue weighted by Gasteiger charge is 2.22. The van der Waals surface area contributed by atoms with Gasteiger partial charge in [0.15, 0.2) is 5.96 Å². The van der Waals surface area contributed by atoms with Gasteiger partial charge in [-0.2, -0.15) is 0 Å². The summed E-state index contributed by atoms with van der Waals surface area (Å²) in [7, 11) is 1.73. The van der Waals surface area contributed by atoms with Gasteiger partial charge in [-0.1, -0.05) is 44.2 Å². The molecule has 0 spiro atoms. The number of rotatable bonds is 10. The second-order valence-electron chi connectivity index (χ2n) is 8.19. The zero-order chi connectivity index (χ0) is 20.9. The van der Waals surface area contributed by atoms with E-state index in [1.54, 1.807) is 7.05 Å². The Labute approximate surface area is 176 Å². The van der Waals surface area contributed by atoms with E-state index < -0.39 is 0 Å². The first-order valence-electron chi connectivity index (χ1n) is 10.9. The third-order valence-electron chi connectivity index (χ3n) is 5.17. The SMILES string of the molecule is CN=C(NCCCOCC(C)C)NCC(=O)N1CCC(Cc2ccccc2)CC1. The molecule has 6 heteroatoms. The molecule has 0 atom stereocenters. The van der Waals surface area contributed by atoms with Crippen molar-refractivity contribution in [1.29, 1.82) is 0 Å². The molecular formula is C23H38N4O2. The summed E-state index contributed by atoms with van der Waals surface area (Å²) in [5.74, 6) is 2.04. The van der Waals surface area contributed by atoms with E-state index in [1.165, 1.54) is 5.56 Å². The van der Waals surface area contributed by atoms with Crippen molar-refractivity contribution >= 4 is 11.9 Å². The van der Waals surface area contributed by atoms with Crippen LogP contribution in [0.1, 0.15) is 38.7 Å². The number of carbonyl (C=O) groups is 1. The van der Waals surface area contributed by atoms with Gasteiger partial charge in [-0.3, -0.25) is 9.79 Å². The molecule has 2 rings (SSSR count). The molecule has 1 amide bonds. The predicted molar refractivity (Wildman–Crippen MR) is 119 cm³/mol. The molecule has 1 aromatic rings. The van der Waals surface area contributed by atoms with Crippen molar-refractivity contribution in [3.05, 3.63) is 35.9 Å². The van der Waals surface area contributed by atoms with E-state index in [2.05, 4.69) is 59.8 Å². The molecule has 162 valence electrons. The number of benzene rings is 1. The second kappa shape index (κ2) is 13.2. The van der Waals surface area contributed by atoms with Gasteiger partial charge in [0.2, 0.25) is 5.91 Å². The van der Waals surface area contributed by atoms with Crippen LogP contribution in [0.2, 0.25) is 0 Å². The van der Waals surface area contributed by atoms with Crippen molar-refractivity contribution in [2.24, 2.45) is 16.8 Å². The van der Waals surface area contributed by atoms with Crippen LogP contribution in [0.3, 0.4) is 0 Å². The van der Waals surface area contributed by atoms with Crippen LogP contribution in [-0.2, 0) is 16.0 Å². The number of hydrogen-bond acceptors (Lipinski definition) is 3. The van der Waals surface area contributed by atoms with Gasteiger partial charge in [-0.15, -0.1) is 0 Å². The number of nitrogens with zero attached hydrogens (tertiary/aromatic N) is 2. The molecule has 1 fully saturated rings. The number of aliphatic imine (C=N–C) groups is 1. The van der Waals surface area contributed by atoms with Crippen molar-refractivity contribution in [2.75, 3.05) is 46.4 Å². The fourth-order valence-electron chi connectivity index (χ4n) is 3.53. The molecule has 1 aliphatic rings. The Morgan fingerprint density at radius 2 is 1.93 bits per heavy atom. The summed E-state index contributed by atoms with van der Waals surface area (Å²) < 4.78 is 5.57. The summed E-state index contributed by atoms with van der Waals surface area (Å²) in [6.07, 6.45) is 4.17. The fraction of sp³-hybridized carbons (Fsp3) is 0.652. The predicted octanol–water partition coefficient (Wildman–Crippen LogP) is 2.70. The van der Waals surface area contributed by atoms with Crippen molar-refractivity contribution in [3.63, 3.8) is 0 Å². The summed E-state index contributed by atoms with van der Waals surface area (Å²) in [5.41, 5.74) is 1.39. The van der Waals surface area contributed by atoms with Gasteiger partial charge in [0, 0.05) is 39.9 Å². The lowest BCUT2D eigenvalue weighted by Crippen LogP contribution is -2.47. The maximum absolute atomic E-state index is 12.5. The monoisotopic (exact) mass is 402 g/mol. The number of nitrogens with one attached hydrogen (secondary N) is 2. The minimum atomic E-state index is 0.145. The molecule has 0 bridgehead atoms. The van der Waals surface area contributed by atoms with Crippen LogP contribution >= 0.6 is 0 Å². The van der Waals surface area contributed by atoms with Crippen LogP contribution in [0.25, 0.3) is 0 Å². The van der Waals surface area contributed by atoms with Crippen molar-refractivity contribution in [1.82, 2.24) is 15.5 Å². The minimum Gasteiger partial charge on any atom is -0.381 e. The summed E-state index contributed by atoms with van der Waals surface area (Å²) in [4.78, 5) is 18.7. The average Bonchev–Trinajstić information content (AvgIpc) is 2.73. The number of ether oxygens (including phenoxy) is 1. The van der Waals surface area contributed by atoms with Crippen LogP contribution in [0.5, 0.6) is 0 Å². The van der Waals surface area contributed by atoms with Crippen molar-refractivity contribution in [3.8, 4) is 0 Å². The van der Waals surface area contributed by atoms with E-state index in [0.717, 1.165) is 58.5 Å². The van der Waals surface area contributed by atoms with Crippen LogP contribution in [0, 0.1) is 11.8 Å². The van der Waals surface area contributed by atoms with E-state index in [1.807, 2.05) is 4.90 Å². The highest BCUT2D eigenvalue weighted by atomic mass is 16.5. The molecule has 0 saturated carbocycles. The first-order chi connectivity index (χ1) is 14.1. The lowest BCUT2D eigenvalue weighted by molar-refractivity contribution is -0.131. The summed E-state index contributed by atoms with van der Waals surface area (Å²) >= 11 is 0. The average molecular weight is 403 g/mol. The van der Waals surface area contributed by atoms with Gasteiger partial charge in [0.25, 0.3) is 0 Å². The summed E-state index contributed by atoms with van der Waals surface area (Å²) in [6.45, 7) is 8.57. The normalized spacial score (nSPS) is 15.6. The zero-order valence-electron chi connectivity index (χ0n) is 18.3. The van der Waals surface area contributed by atoms with Crippen LogP contribution < -0.4 is 10.6 Å². The molecule has 0 radical (unpaired) electrons. The lowest BCUT2D eigenvalue weighted by atomic mass is 9.90. The van der Waals surface area contributed by atoms with Gasteiger partial charge in [-0.05, 0) is 43.1 Å². The zero-order valence-corrected chi connectivity index (χ0v) is 18.3. The number of piperidine rings is 1. The third kappa shape index (κ3) is 9.31. The standard InChI is InChI=1S/C23H38N4O2/c1-19(2)18-29-15-7-12-25-23(24-3)26-17-22(28)27-13-10-21(11-14-27)16-20-8-5-4-6-9-20/h4-6,8-9,19,21H,7,10-18H2,1-3H3,(H2,24,25,26). The van der Waals surface area contributed by atoms with E-state index in [9.17, 15) is 4.79 Å². The van der Waals surface area contributed by atoms with Crippen LogP contribution in [0.15, 0.2) is 35.3 Å². The molecule has 29 heavy (non-hydrogen) atoms. The van der Waals surface area contributed by atoms with Crippen LogP contribution in [-0.4, -0.2) is 63.2 Å². The van der Waals surface area contributed by atoms with E-state index in [0.29, 0.717) is 17.8 Å². The smallest absolute Gasteiger partial charge is 0.241 e. The van der Waals surface area contributed by atoms with Gasteiger partial charge in [-0.25, -0.2) is 0 Å². The maximum atomic E-state index is 12.5. The molecule has 1 saturated heterocycles. The molecular weight excluding hydrogens is 364 g/mol. The molecule has 6 nitrogen and oxygen atoms in total. The first-order valence-corrected chi connectivity index (χ1v) is 10.9. The van der Waals surface area contributed by atoms with Crippen LogP contribution in [0.4, 0.5) is 0 Å². The van der Waals surface area contributed by atoms with E-state index in [4.69, 9.17) is 4.74 Å². The minimum absolute atomic E-state index is 0.145. The lowest BCUT2D eigenvalue weighted by Gasteiger charge is -2.32. The van der Waals surface area contributed by atoms with Crippen molar-refractivity contribution in [2.45, 2.75) is 39.5 Å². The second-order valence-corrected chi connectivity index (χ2v) is 8.19. The number of carbonyl (C=O) groups excluding carboxylic acids is 1. The first kappa shape index (κ1) is 23.2. The van der Waals surface area contributed by atoms with Gasteiger partial charge in [0.1, 0.15) is 0 Å². The van der Waals surface area contributed by atoms with E-state index >= 15 is 0 Å². The largest absolute Gasteiger partial charge is 0.381 e.